The second kappa shape index (κ2) is 4.32. The molecule has 0 spiro atoms. The van der Waals surface area contributed by atoms with E-state index >= 15 is 0 Å². The lowest BCUT2D eigenvalue weighted by Crippen LogP contribution is -2.20. The maximum Gasteiger partial charge on any atom is 0.237 e. The minimum Gasteiger partial charge on any atom is -0.323 e. The van der Waals surface area contributed by atoms with Crippen LogP contribution < -0.4 is 5.32 Å². The van der Waals surface area contributed by atoms with Crippen molar-refractivity contribution in [3.05, 3.63) is 24.3 Å². The summed E-state index contributed by atoms with van der Waals surface area (Å²) < 4.78 is 12.9. The van der Waals surface area contributed by atoms with Crippen LogP contribution in [0.4, 0.5) is 10.1 Å². The van der Waals surface area contributed by atoms with E-state index in [4.69, 9.17) is 0 Å². The van der Waals surface area contributed by atoms with Crippen molar-refractivity contribution in [3.8, 4) is 0 Å². The zero-order chi connectivity index (χ0) is 9.84. The molecule has 0 bridgehead atoms. The predicted octanol–water partition coefficient (Wildman–Crippen LogP) is 1.94. The molecule has 0 saturated carbocycles. The first-order chi connectivity index (χ1) is 6.11. The molecular formula is C8H8BrFN2O. The number of aromatic nitrogens is 1. The van der Waals surface area contributed by atoms with Gasteiger partial charge in [-0.3, -0.25) is 9.78 Å². The summed E-state index contributed by atoms with van der Waals surface area (Å²) in [6.45, 7) is 1.66. The minimum absolute atomic E-state index is 0.145. The first-order valence-electron chi connectivity index (χ1n) is 3.65. The second-order valence-electron chi connectivity index (χ2n) is 2.46. The normalized spacial score (nSPS) is 12.2. The average molecular weight is 247 g/mol. The van der Waals surface area contributed by atoms with Gasteiger partial charge >= 0.3 is 0 Å². The zero-order valence-electron chi connectivity index (χ0n) is 6.92. The molecule has 0 fully saturated rings. The molecule has 0 saturated heterocycles. The highest BCUT2D eigenvalue weighted by atomic mass is 79.9. The molecule has 1 rings (SSSR count). The Morgan fingerprint density at radius 1 is 1.77 bits per heavy atom. The minimum atomic E-state index is -0.538. The highest BCUT2D eigenvalue weighted by molar-refractivity contribution is 9.10. The highest BCUT2D eigenvalue weighted by Gasteiger charge is 2.10. The lowest BCUT2D eigenvalue weighted by atomic mass is 10.3. The summed E-state index contributed by atoms with van der Waals surface area (Å²) in [5.74, 6) is -0.825. The number of carbonyl (C=O) groups excluding carboxylic acids is 1. The van der Waals surface area contributed by atoms with Gasteiger partial charge in [-0.2, -0.15) is 0 Å². The SMILES string of the molecule is CC(Br)C(=O)Nc1ccncc1F. The van der Waals surface area contributed by atoms with E-state index in [-0.39, 0.29) is 16.4 Å². The van der Waals surface area contributed by atoms with Crippen LogP contribution in [0, 0.1) is 5.82 Å². The highest BCUT2D eigenvalue weighted by Crippen LogP contribution is 2.12. The van der Waals surface area contributed by atoms with Crippen LogP contribution in [0.5, 0.6) is 0 Å². The first kappa shape index (κ1) is 10.1. The number of pyridine rings is 1. The van der Waals surface area contributed by atoms with Crippen LogP contribution in [-0.2, 0) is 4.79 Å². The molecule has 3 nitrogen and oxygen atoms in total. The van der Waals surface area contributed by atoms with E-state index in [0.717, 1.165) is 6.20 Å². The number of anilines is 1. The third-order valence-corrected chi connectivity index (χ3v) is 1.81. The van der Waals surface area contributed by atoms with Crippen molar-refractivity contribution in [3.63, 3.8) is 0 Å². The van der Waals surface area contributed by atoms with Crippen LogP contribution in [0.1, 0.15) is 6.92 Å². The number of carbonyl (C=O) groups is 1. The predicted molar refractivity (Wildman–Crippen MR) is 51.2 cm³/mol. The topological polar surface area (TPSA) is 42.0 Å². The fourth-order valence-electron chi connectivity index (χ4n) is 0.709. The van der Waals surface area contributed by atoms with E-state index in [1.807, 2.05) is 0 Å². The van der Waals surface area contributed by atoms with Gasteiger partial charge in [0.05, 0.1) is 16.7 Å². The smallest absolute Gasteiger partial charge is 0.237 e. The van der Waals surface area contributed by atoms with Gasteiger partial charge in [0, 0.05) is 6.20 Å². The van der Waals surface area contributed by atoms with Crippen LogP contribution in [0.2, 0.25) is 0 Å². The van der Waals surface area contributed by atoms with E-state index in [9.17, 15) is 9.18 Å². The van der Waals surface area contributed by atoms with Crippen LogP contribution >= 0.6 is 15.9 Å². The van der Waals surface area contributed by atoms with Gasteiger partial charge in [-0.1, -0.05) is 15.9 Å². The van der Waals surface area contributed by atoms with Crippen molar-refractivity contribution < 1.29 is 9.18 Å². The van der Waals surface area contributed by atoms with E-state index < -0.39 is 5.82 Å². The van der Waals surface area contributed by atoms with Gasteiger partial charge in [-0.25, -0.2) is 4.39 Å². The summed E-state index contributed by atoms with van der Waals surface area (Å²) in [6.07, 6.45) is 2.46. The van der Waals surface area contributed by atoms with Gasteiger partial charge in [0.25, 0.3) is 0 Å². The van der Waals surface area contributed by atoms with Crippen LogP contribution in [0.25, 0.3) is 0 Å². The maximum atomic E-state index is 12.9. The summed E-state index contributed by atoms with van der Waals surface area (Å²) in [6, 6.07) is 1.41. The lowest BCUT2D eigenvalue weighted by molar-refractivity contribution is -0.115. The Hall–Kier alpha value is -0.970. The number of halogens is 2. The van der Waals surface area contributed by atoms with Crippen LogP contribution in [0.15, 0.2) is 18.5 Å². The molecule has 0 aromatic carbocycles. The van der Waals surface area contributed by atoms with E-state index in [1.54, 1.807) is 6.92 Å². The average Bonchev–Trinajstić information content (AvgIpc) is 2.08. The fourth-order valence-corrected chi connectivity index (χ4v) is 0.823. The molecule has 0 radical (unpaired) electrons. The van der Waals surface area contributed by atoms with Crippen LogP contribution in [0.3, 0.4) is 0 Å². The zero-order valence-corrected chi connectivity index (χ0v) is 8.51. The summed E-state index contributed by atoms with van der Waals surface area (Å²) in [7, 11) is 0. The molecule has 1 aromatic heterocycles. The summed E-state index contributed by atoms with van der Waals surface area (Å²) in [5, 5.41) is 2.41. The Balaban J connectivity index is 2.75. The molecule has 1 amide bonds. The monoisotopic (exact) mass is 246 g/mol. The Morgan fingerprint density at radius 2 is 2.46 bits per heavy atom. The largest absolute Gasteiger partial charge is 0.323 e. The fraction of sp³-hybridized carbons (Fsp3) is 0.250. The van der Waals surface area contributed by atoms with Gasteiger partial charge in [0.15, 0.2) is 5.82 Å². The Labute approximate surface area is 83.5 Å². The van der Waals surface area contributed by atoms with E-state index in [0.29, 0.717) is 0 Å². The molecular weight excluding hydrogens is 239 g/mol. The second-order valence-corrected chi connectivity index (χ2v) is 3.83. The van der Waals surface area contributed by atoms with Crippen molar-refractivity contribution in [1.82, 2.24) is 4.98 Å². The van der Waals surface area contributed by atoms with Crippen molar-refractivity contribution >= 4 is 27.5 Å². The molecule has 5 heteroatoms. The summed E-state index contributed by atoms with van der Waals surface area (Å²) >= 11 is 3.07. The molecule has 0 aliphatic rings. The third kappa shape index (κ3) is 2.77. The number of alkyl halides is 1. The molecule has 1 unspecified atom stereocenters. The number of rotatable bonds is 2. The Morgan fingerprint density at radius 3 is 3.00 bits per heavy atom. The number of nitrogens with one attached hydrogen (secondary N) is 1. The molecule has 0 aliphatic heterocycles. The number of hydrogen-bond acceptors (Lipinski definition) is 2. The standard InChI is InChI=1S/C8H8BrFN2O/c1-5(9)8(13)12-7-2-3-11-4-6(7)10/h2-5H,1H3,(H,11,12,13). The molecule has 1 N–H and O–H groups in total. The molecule has 13 heavy (non-hydrogen) atoms. The number of nitrogens with zero attached hydrogens (tertiary/aromatic N) is 1. The van der Waals surface area contributed by atoms with Crippen molar-refractivity contribution in [2.45, 2.75) is 11.8 Å². The molecule has 1 atom stereocenters. The van der Waals surface area contributed by atoms with Gasteiger partial charge in [0.2, 0.25) is 5.91 Å². The van der Waals surface area contributed by atoms with Gasteiger partial charge < -0.3 is 5.32 Å². The first-order valence-corrected chi connectivity index (χ1v) is 4.57. The lowest BCUT2D eigenvalue weighted by Gasteiger charge is -2.06. The summed E-state index contributed by atoms with van der Waals surface area (Å²) in [5.41, 5.74) is 0.145. The quantitative estimate of drug-likeness (QED) is 0.811. The molecule has 1 aromatic rings. The molecule has 70 valence electrons. The van der Waals surface area contributed by atoms with Gasteiger partial charge in [-0.05, 0) is 13.0 Å². The van der Waals surface area contributed by atoms with E-state index in [2.05, 4.69) is 26.2 Å². The Bertz CT molecular complexity index is 317. The number of hydrogen-bond donors (Lipinski definition) is 1. The van der Waals surface area contributed by atoms with Crippen LogP contribution in [-0.4, -0.2) is 15.7 Å². The van der Waals surface area contributed by atoms with E-state index in [1.165, 1.54) is 12.3 Å². The molecule has 1 heterocycles. The van der Waals surface area contributed by atoms with Crippen molar-refractivity contribution in [2.75, 3.05) is 5.32 Å². The summed E-state index contributed by atoms with van der Waals surface area (Å²) in [4.78, 5) is 14.3. The molecule has 0 aliphatic carbocycles. The maximum absolute atomic E-state index is 12.9. The third-order valence-electron chi connectivity index (χ3n) is 1.39. The Kier molecular flexibility index (Phi) is 3.36. The van der Waals surface area contributed by atoms with Gasteiger partial charge in [0.1, 0.15) is 0 Å². The van der Waals surface area contributed by atoms with Crippen molar-refractivity contribution in [2.24, 2.45) is 0 Å². The number of amides is 1. The van der Waals surface area contributed by atoms with Gasteiger partial charge in [-0.15, -0.1) is 0 Å². The van der Waals surface area contributed by atoms with Crippen molar-refractivity contribution in [1.29, 1.82) is 0 Å².